The summed E-state index contributed by atoms with van der Waals surface area (Å²) in [4.78, 5) is 34.5. The molecule has 0 aliphatic carbocycles. The van der Waals surface area contributed by atoms with Gasteiger partial charge < -0.3 is 14.7 Å². The molecule has 208 valence electrons. The highest BCUT2D eigenvalue weighted by atomic mass is 35.5. The highest BCUT2D eigenvalue weighted by molar-refractivity contribution is 7.85. The number of benzene rings is 4. The van der Waals surface area contributed by atoms with Crippen LogP contribution in [-0.2, 0) is 17.3 Å². The Morgan fingerprint density at radius 3 is 2.32 bits per heavy atom. The van der Waals surface area contributed by atoms with Crippen LogP contribution in [0.15, 0.2) is 94.7 Å². The van der Waals surface area contributed by atoms with E-state index < -0.39 is 10.8 Å². The maximum Gasteiger partial charge on any atom is 0.259 e. The van der Waals surface area contributed by atoms with Gasteiger partial charge in [0.1, 0.15) is 0 Å². The molecule has 2 aliphatic heterocycles. The molecule has 0 bridgehead atoms. The van der Waals surface area contributed by atoms with E-state index in [1.165, 1.54) is 0 Å². The minimum absolute atomic E-state index is 0.105. The zero-order valence-corrected chi connectivity index (χ0v) is 24.5. The maximum absolute atomic E-state index is 13.9. The molecule has 0 spiro atoms. The highest BCUT2D eigenvalue weighted by Crippen LogP contribution is 2.37. The van der Waals surface area contributed by atoms with Crippen LogP contribution in [0.3, 0.4) is 0 Å². The number of carbonyl (C=O) groups is 2. The number of amides is 2. The molecule has 2 heterocycles. The molecule has 0 radical (unpaired) electrons. The Kier molecular flexibility index (Phi) is 7.41. The van der Waals surface area contributed by atoms with Gasteiger partial charge in [0.15, 0.2) is 0 Å². The molecule has 1 atom stereocenters. The molecule has 4 aromatic rings. The van der Waals surface area contributed by atoms with Gasteiger partial charge in [0.2, 0.25) is 0 Å². The van der Waals surface area contributed by atoms with Gasteiger partial charge in [0.05, 0.1) is 38.4 Å². The summed E-state index contributed by atoms with van der Waals surface area (Å²) < 4.78 is 13.8. The van der Waals surface area contributed by atoms with Gasteiger partial charge in [0, 0.05) is 42.5 Å². The predicted octanol–water partition coefficient (Wildman–Crippen LogP) is 6.25. The van der Waals surface area contributed by atoms with Gasteiger partial charge in [-0.2, -0.15) is 0 Å². The van der Waals surface area contributed by atoms with Gasteiger partial charge in [-0.25, -0.2) is 4.21 Å². The molecule has 1 fully saturated rings. The number of hydrogen-bond acceptors (Lipinski definition) is 4. The third-order valence-corrected chi connectivity index (χ3v) is 9.66. The van der Waals surface area contributed by atoms with Gasteiger partial charge in [0.25, 0.3) is 11.8 Å². The highest BCUT2D eigenvalue weighted by Gasteiger charge is 2.32. The monoisotopic (exact) mass is 583 g/mol. The van der Waals surface area contributed by atoms with E-state index in [2.05, 4.69) is 11.8 Å². The van der Waals surface area contributed by atoms with Crippen LogP contribution in [-0.4, -0.2) is 47.1 Å². The first-order valence-electron chi connectivity index (χ1n) is 13.6. The number of piperazine rings is 1. The smallest absolute Gasteiger partial charge is 0.259 e. The van der Waals surface area contributed by atoms with Crippen molar-refractivity contribution in [3.8, 4) is 0 Å². The fourth-order valence-corrected chi connectivity index (χ4v) is 7.08. The van der Waals surface area contributed by atoms with Crippen LogP contribution in [0.25, 0.3) is 0 Å². The van der Waals surface area contributed by atoms with E-state index in [-0.39, 0.29) is 11.8 Å². The van der Waals surface area contributed by atoms with Crippen molar-refractivity contribution >= 4 is 45.6 Å². The van der Waals surface area contributed by atoms with Gasteiger partial charge >= 0.3 is 0 Å². The first-order chi connectivity index (χ1) is 19.8. The van der Waals surface area contributed by atoms with E-state index in [0.29, 0.717) is 64.4 Å². The Morgan fingerprint density at radius 1 is 0.805 bits per heavy atom. The number of halogens is 1. The van der Waals surface area contributed by atoms with E-state index in [4.69, 9.17) is 11.6 Å². The summed E-state index contributed by atoms with van der Waals surface area (Å²) in [7, 11) is -1.57. The van der Waals surface area contributed by atoms with E-state index >= 15 is 0 Å². The topological polar surface area (TPSA) is 60.9 Å². The molecule has 4 aromatic carbocycles. The van der Waals surface area contributed by atoms with Gasteiger partial charge in [-0.3, -0.25) is 9.59 Å². The molecule has 41 heavy (non-hydrogen) atoms. The Labute approximate surface area is 247 Å². The zero-order chi connectivity index (χ0) is 28.7. The maximum atomic E-state index is 13.9. The lowest BCUT2D eigenvalue weighted by molar-refractivity contribution is 0.0746. The number of fused-ring (bicyclic) bond motifs is 2. The van der Waals surface area contributed by atoms with Crippen LogP contribution in [0.5, 0.6) is 0 Å². The van der Waals surface area contributed by atoms with Crippen molar-refractivity contribution in [1.82, 2.24) is 4.90 Å². The number of rotatable bonds is 4. The first-order valence-corrected chi connectivity index (χ1v) is 15.2. The van der Waals surface area contributed by atoms with Crippen LogP contribution in [0.4, 0.5) is 11.4 Å². The average molecular weight is 584 g/mol. The minimum Gasteiger partial charge on any atom is -0.368 e. The van der Waals surface area contributed by atoms with Crippen LogP contribution in [0, 0.1) is 13.8 Å². The average Bonchev–Trinajstić information content (AvgIpc) is 3.08. The first kappa shape index (κ1) is 27.2. The SMILES string of the molecule is Cc1ccccc1CN1C(=O)c2ccccc2S(=O)c2ccc(C(=O)N3CCN(c4cc(Cl)ccc4C)CC3)cc21. The van der Waals surface area contributed by atoms with Crippen molar-refractivity contribution in [3.63, 3.8) is 0 Å². The Hall–Kier alpha value is -3.94. The molecular formula is C33H30ClN3O3S. The molecule has 0 N–H and O–H groups in total. The molecule has 8 heteroatoms. The van der Waals surface area contributed by atoms with E-state index in [1.54, 1.807) is 47.4 Å². The van der Waals surface area contributed by atoms with Crippen LogP contribution >= 0.6 is 11.6 Å². The number of carbonyl (C=O) groups excluding carboxylic acids is 2. The summed E-state index contributed by atoms with van der Waals surface area (Å²) in [5.41, 5.74) is 5.67. The van der Waals surface area contributed by atoms with Gasteiger partial charge in [-0.15, -0.1) is 0 Å². The number of anilines is 2. The lowest BCUT2D eigenvalue weighted by Crippen LogP contribution is -2.49. The quantitative estimate of drug-likeness (QED) is 0.285. The zero-order valence-electron chi connectivity index (χ0n) is 23.0. The fraction of sp³-hybridized carbons (Fsp3) is 0.212. The molecule has 1 unspecified atom stereocenters. The summed E-state index contributed by atoms with van der Waals surface area (Å²) in [6.07, 6.45) is 0. The van der Waals surface area contributed by atoms with Crippen LogP contribution in [0.1, 0.15) is 37.4 Å². The summed E-state index contributed by atoms with van der Waals surface area (Å²) in [5, 5.41) is 0.693. The summed E-state index contributed by atoms with van der Waals surface area (Å²) >= 11 is 6.25. The Morgan fingerprint density at radius 2 is 1.54 bits per heavy atom. The lowest BCUT2D eigenvalue weighted by Gasteiger charge is -2.37. The number of nitrogens with zero attached hydrogens (tertiary/aromatic N) is 3. The van der Waals surface area contributed by atoms with Gasteiger partial charge in [-0.1, -0.05) is 54.1 Å². The second-order valence-electron chi connectivity index (χ2n) is 10.5. The standard InChI is InChI=1S/C33H30ClN3O3S/c1-22-7-3-4-8-25(22)21-37-29-19-24(12-14-31(29)41(40)30-10-6-5-9-27(30)33(37)39)32(38)36-17-15-35(16-18-36)28-20-26(34)13-11-23(28)2/h3-14,19-20H,15-18,21H2,1-2H3. The van der Waals surface area contributed by atoms with Crippen LogP contribution in [0.2, 0.25) is 5.02 Å². The molecular weight excluding hydrogens is 554 g/mol. The van der Waals surface area contributed by atoms with E-state index in [1.807, 2.05) is 54.3 Å². The van der Waals surface area contributed by atoms with Crippen LogP contribution < -0.4 is 9.80 Å². The molecule has 0 saturated carbocycles. The van der Waals surface area contributed by atoms with Crippen molar-refractivity contribution in [3.05, 3.63) is 118 Å². The number of hydrogen-bond donors (Lipinski definition) is 0. The summed E-state index contributed by atoms with van der Waals surface area (Å²) in [6, 6.07) is 26.0. The largest absolute Gasteiger partial charge is 0.368 e. The second kappa shape index (κ2) is 11.1. The molecule has 6 rings (SSSR count). The van der Waals surface area contributed by atoms with Crippen molar-refractivity contribution < 1.29 is 13.8 Å². The molecule has 1 saturated heterocycles. The van der Waals surface area contributed by atoms with Crippen molar-refractivity contribution in [2.24, 2.45) is 0 Å². The normalized spacial score (nSPS) is 16.7. The Balaban J connectivity index is 1.32. The second-order valence-corrected chi connectivity index (χ2v) is 12.3. The summed E-state index contributed by atoms with van der Waals surface area (Å²) in [6.45, 7) is 6.87. The molecule has 6 nitrogen and oxygen atoms in total. The third kappa shape index (κ3) is 5.16. The third-order valence-electron chi connectivity index (χ3n) is 7.93. The molecule has 2 amide bonds. The Bertz CT molecular complexity index is 1700. The van der Waals surface area contributed by atoms with E-state index in [9.17, 15) is 13.8 Å². The van der Waals surface area contributed by atoms with Gasteiger partial charge in [-0.05, 0) is 73.0 Å². The molecule has 2 aliphatic rings. The van der Waals surface area contributed by atoms with Crippen molar-refractivity contribution in [2.75, 3.05) is 36.0 Å². The number of aryl methyl sites for hydroxylation is 2. The predicted molar refractivity (Wildman–Crippen MR) is 164 cm³/mol. The van der Waals surface area contributed by atoms with Crippen molar-refractivity contribution in [2.45, 2.75) is 30.2 Å². The van der Waals surface area contributed by atoms with E-state index in [0.717, 1.165) is 22.4 Å². The van der Waals surface area contributed by atoms with Crippen molar-refractivity contribution in [1.29, 1.82) is 0 Å². The summed E-state index contributed by atoms with van der Waals surface area (Å²) in [5.74, 6) is -0.336. The molecule has 0 aromatic heterocycles. The minimum atomic E-state index is -1.57. The lowest BCUT2D eigenvalue weighted by atomic mass is 10.1. The fourth-order valence-electron chi connectivity index (χ4n) is 5.57.